The van der Waals surface area contributed by atoms with Crippen molar-refractivity contribution >= 4 is 17.1 Å². The van der Waals surface area contributed by atoms with E-state index in [9.17, 15) is 0 Å². The molecule has 3 heteroatoms. The van der Waals surface area contributed by atoms with Gasteiger partial charge in [-0.2, -0.15) is 0 Å². The first kappa shape index (κ1) is 38.4. The fraction of sp³-hybridized carbons (Fsp3) is 0.383. The molecule has 0 aliphatic carbocycles. The van der Waals surface area contributed by atoms with Crippen LogP contribution in [0.15, 0.2) is 126 Å². The Morgan fingerprint density at radius 2 is 0.980 bits per heavy atom. The number of nitrogens with one attached hydrogen (secondary N) is 2. The monoisotopic (exact) mass is 667 g/mol. The summed E-state index contributed by atoms with van der Waals surface area (Å²) in [5.41, 5.74) is 12.8. The predicted molar refractivity (Wildman–Crippen MR) is 219 cm³/mol. The van der Waals surface area contributed by atoms with Gasteiger partial charge in [0.2, 0.25) is 0 Å². The normalized spacial score (nSPS) is 13.3. The summed E-state index contributed by atoms with van der Waals surface area (Å²) in [5.74, 6) is 1.44. The van der Waals surface area contributed by atoms with Crippen LogP contribution in [0.1, 0.15) is 146 Å². The maximum Gasteiger partial charge on any atom is 0.0706 e. The molecule has 0 aliphatic heterocycles. The number of hydrogen-bond acceptors (Lipinski definition) is 3. The van der Waals surface area contributed by atoms with Gasteiger partial charge in [-0.25, -0.2) is 4.99 Å². The smallest absolute Gasteiger partial charge is 0.0706 e. The fourth-order valence-corrected chi connectivity index (χ4v) is 6.65. The number of nitrogens with zero attached hydrogens (tertiary/aromatic N) is 1. The zero-order chi connectivity index (χ0) is 36.6. The summed E-state index contributed by atoms with van der Waals surface area (Å²) in [6, 6.07) is 35.0. The van der Waals surface area contributed by atoms with Crippen LogP contribution in [0.3, 0.4) is 0 Å². The van der Waals surface area contributed by atoms with Crippen LogP contribution < -0.4 is 10.6 Å². The molecule has 0 fully saturated rings. The first-order valence-electron chi connectivity index (χ1n) is 18.6. The third kappa shape index (κ3) is 10.1. The molecule has 0 bridgehead atoms. The minimum absolute atomic E-state index is 0.0115. The van der Waals surface area contributed by atoms with Gasteiger partial charge in [-0.05, 0) is 96.9 Å². The predicted octanol–water partition coefficient (Wildman–Crippen LogP) is 13.4. The molecule has 0 unspecified atom stereocenters. The quantitative estimate of drug-likeness (QED) is 0.139. The maximum absolute atomic E-state index is 5.62. The van der Waals surface area contributed by atoms with Gasteiger partial charge in [0.05, 0.1) is 11.4 Å². The molecule has 0 radical (unpaired) electrons. The summed E-state index contributed by atoms with van der Waals surface area (Å²) in [5, 5.41) is 7.82. The Morgan fingerprint density at radius 1 is 0.560 bits per heavy atom. The van der Waals surface area contributed by atoms with E-state index in [1.54, 1.807) is 0 Å². The summed E-state index contributed by atoms with van der Waals surface area (Å²) in [6.07, 6.45) is 4.53. The Labute approximate surface area is 304 Å². The summed E-state index contributed by atoms with van der Waals surface area (Å²) in [6.45, 7) is 27.0. The Balaban J connectivity index is 2.05. The first-order valence-corrected chi connectivity index (χ1v) is 18.6. The molecule has 0 atom stereocenters. The number of anilines is 1. The maximum atomic E-state index is 5.62. The summed E-state index contributed by atoms with van der Waals surface area (Å²) in [7, 11) is 0. The minimum atomic E-state index is -0.183. The third-order valence-electron chi connectivity index (χ3n) is 9.04. The summed E-state index contributed by atoms with van der Waals surface area (Å²) in [4.78, 5) is 5.62. The number of para-hydroxylation sites is 2. The minimum Gasteiger partial charge on any atom is -0.383 e. The standard InChI is InChI=1S/C47H61N3/c1-31(2)39-25-19-26-40(32(3)4)45(39)48-35(9)29-38(49-46-41(33(5)6)27-20-28-42(46)34(7)8)30-43(50-47(10,11)12)44(36-21-15-13-16-22-36)37-23-17-14-18-24-37/h13-34,44,48,50H,1-12H3/b35-29+,43-30-,49-38?. The van der Waals surface area contributed by atoms with Gasteiger partial charge in [0, 0.05) is 28.5 Å². The number of rotatable bonds is 13. The second-order valence-corrected chi connectivity index (χ2v) is 15.9. The van der Waals surface area contributed by atoms with Crippen molar-refractivity contribution in [2.24, 2.45) is 4.99 Å². The van der Waals surface area contributed by atoms with Gasteiger partial charge in [-0.15, -0.1) is 0 Å². The van der Waals surface area contributed by atoms with E-state index in [1.165, 1.54) is 39.1 Å². The lowest BCUT2D eigenvalue weighted by atomic mass is 9.86. The van der Waals surface area contributed by atoms with Gasteiger partial charge in [-0.3, -0.25) is 0 Å². The average molecular weight is 668 g/mol. The fourth-order valence-electron chi connectivity index (χ4n) is 6.65. The number of benzene rings is 4. The van der Waals surface area contributed by atoms with Crippen LogP contribution in [-0.4, -0.2) is 11.3 Å². The highest BCUT2D eigenvalue weighted by Crippen LogP contribution is 2.37. The topological polar surface area (TPSA) is 36.4 Å². The van der Waals surface area contributed by atoms with Crippen LogP contribution in [0.25, 0.3) is 0 Å². The highest BCUT2D eigenvalue weighted by atomic mass is 15.0. The molecule has 0 saturated carbocycles. The Kier molecular flexibility index (Phi) is 13.1. The van der Waals surface area contributed by atoms with Crippen LogP contribution in [0.5, 0.6) is 0 Å². The van der Waals surface area contributed by atoms with Gasteiger partial charge in [-0.1, -0.05) is 152 Å². The van der Waals surface area contributed by atoms with Crippen molar-refractivity contribution < 1.29 is 0 Å². The largest absolute Gasteiger partial charge is 0.383 e. The number of hydrogen-bond donors (Lipinski definition) is 2. The van der Waals surface area contributed by atoms with E-state index >= 15 is 0 Å². The van der Waals surface area contributed by atoms with Gasteiger partial charge in [0.15, 0.2) is 0 Å². The number of allylic oxidation sites excluding steroid dienone is 4. The zero-order valence-corrected chi connectivity index (χ0v) is 32.7. The molecule has 0 heterocycles. The van der Waals surface area contributed by atoms with E-state index in [-0.39, 0.29) is 11.5 Å². The molecule has 0 amide bonds. The summed E-state index contributed by atoms with van der Waals surface area (Å²) >= 11 is 0. The summed E-state index contributed by atoms with van der Waals surface area (Å²) < 4.78 is 0. The van der Waals surface area contributed by atoms with Gasteiger partial charge < -0.3 is 10.6 Å². The molecule has 3 nitrogen and oxygen atoms in total. The molecule has 264 valence electrons. The van der Waals surface area contributed by atoms with Crippen LogP contribution >= 0.6 is 0 Å². The van der Waals surface area contributed by atoms with Crippen LogP contribution in [0.2, 0.25) is 0 Å². The number of aliphatic imine (C=N–C) groups is 1. The highest BCUT2D eigenvalue weighted by molar-refractivity contribution is 6.07. The molecule has 0 saturated heterocycles. The lowest BCUT2D eigenvalue weighted by Crippen LogP contribution is -2.37. The van der Waals surface area contributed by atoms with E-state index < -0.39 is 0 Å². The van der Waals surface area contributed by atoms with Crippen molar-refractivity contribution in [1.29, 1.82) is 0 Å². The lowest BCUT2D eigenvalue weighted by molar-refractivity contribution is 0.461. The second-order valence-electron chi connectivity index (χ2n) is 15.9. The van der Waals surface area contributed by atoms with Crippen LogP contribution in [0, 0.1) is 0 Å². The van der Waals surface area contributed by atoms with Gasteiger partial charge in [0.25, 0.3) is 0 Å². The van der Waals surface area contributed by atoms with E-state index in [4.69, 9.17) is 4.99 Å². The molecule has 4 aromatic rings. The molecular weight excluding hydrogens is 607 g/mol. The first-order chi connectivity index (χ1) is 23.7. The van der Waals surface area contributed by atoms with Crippen molar-refractivity contribution in [3.63, 3.8) is 0 Å². The van der Waals surface area contributed by atoms with Gasteiger partial charge >= 0.3 is 0 Å². The van der Waals surface area contributed by atoms with E-state index in [2.05, 4.69) is 203 Å². The van der Waals surface area contributed by atoms with Crippen LogP contribution in [0.4, 0.5) is 11.4 Å². The average Bonchev–Trinajstić information content (AvgIpc) is 3.04. The second kappa shape index (κ2) is 17.0. The Bertz CT molecular complexity index is 1690. The molecule has 50 heavy (non-hydrogen) atoms. The molecule has 0 aliphatic rings. The van der Waals surface area contributed by atoms with Crippen molar-refractivity contribution in [1.82, 2.24) is 5.32 Å². The molecule has 4 aromatic carbocycles. The molecule has 0 aromatic heterocycles. The van der Waals surface area contributed by atoms with Crippen molar-refractivity contribution in [2.45, 2.75) is 118 Å². The highest BCUT2D eigenvalue weighted by Gasteiger charge is 2.24. The van der Waals surface area contributed by atoms with E-state index in [1.807, 2.05) is 0 Å². The van der Waals surface area contributed by atoms with Gasteiger partial charge in [0.1, 0.15) is 0 Å². The van der Waals surface area contributed by atoms with Crippen molar-refractivity contribution in [3.8, 4) is 0 Å². The van der Waals surface area contributed by atoms with E-state index in [0.717, 1.165) is 22.8 Å². The Hall–Kier alpha value is -4.37. The molecule has 4 rings (SSSR count). The van der Waals surface area contributed by atoms with Crippen molar-refractivity contribution in [3.05, 3.63) is 154 Å². The van der Waals surface area contributed by atoms with E-state index in [0.29, 0.717) is 23.7 Å². The molecular formula is C47H61N3. The lowest BCUT2D eigenvalue weighted by Gasteiger charge is -2.30. The SMILES string of the molecule is C/C(=C\C(/C=C(\NC(C)(C)C)C(c1ccccc1)c1ccccc1)=Nc1c(C(C)C)cccc1C(C)C)Nc1c(C(C)C)cccc1C(C)C. The van der Waals surface area contributed by atoms with Crippen molar-refractivity contribution in [2.75, 3.05) is 5.32 Å². The molecule has 0 spiro atoms. The molecule has 2 N–H and O–H groups in total. The zero-order valence-electron chi connectivity index (χ0n) is 32.7. The van der Waals surface area contributed by atoms with Crippen LogP contribution in [-0.2, 0) is 0 Å². The Morgan fingerprint density at radius 3 is 1.38 bits per heavy atom. The third-order valence-corrected chi connectivity index (χ3v) is 9.04.